The molecule has 1 aromatic heterocycles. The molecule has 1 fully saturated rings. The third kappa shape index (κ3) is 4.30. The summed E-state index contributed by atoms with van der Waals surface area (Å²) >= 11 is 1.71. The molecule has 1 N–H and O–H groups in total. The Kier molecular flexibility index (Phi) is 5.36. The molecular formula is C14H23N3OS. The predicted molar refractivity (Wildman–Crippen MR) is 79.3 cm³/mol. The zero-order valence-electron chi connectivity index (χ0n) is 11.8. The lowest BCUT2D eigenvalue weighted by atomic mass is 10.2. The second kappa shape index (κ2) is 7.03. The second-order valence-corrected chi connectivity index (χ2v) is 6.25. The average Bonchev–Trinajstić information content (AvgIpc) is 2.89. The van der Waals surface area contributed by atoms with E-state index >= 15 is 0 Å². The van der Waals surface area contributed by atoms with Crippen molar-refractivity contribution in [2.75, 3.05) is 32.7 Å². The van der Waals surface area contributed by atoms with E-state index in [1.165, 1.54) is 4.88 Å². The van der Waals surface area contributed by atoms with Gasteiger partial charge in [0, 0.05) is 37.1 Å². The fraction of sp³-hybridized carbons (Fsp3) is 0.643. The Morgan fingerprint density at radius 1 is 1.47 bits per heavy atom. The van der Waals surface area contributed by atoms with Crippen molar-refractivity contribution >= 4 is 17.2 Å². The van der Waals surface area contributed by atoms with Gasteiger partial charge >= 0.3 is 0 Å². The number of nitrogens with one attached hydrogen (secondary N) is 1. The van der Waals surface area contributed by atoms with E-state index < -0.39 is 0 Å². The van der Waals surface area contributed by atoms with Gasteiger partial charge in [0.15, 0.2) is 0 Å². The lowest BCUT2D eigenvalue weighted by Crippen LogP contribution is -2.49. The average molecular weight is 281 g/mol. The van der Waals surface area contributed by atoms with E-state index in [4.69, 9.17) is 0 Å². The van der Waals surface area contributed by atoms with Crippen LogP contribution >= 0.6 is 11.3 Å². The van der Waals surface area contributed by atoms with Gasteiger partial charge < -0.3 is 10.2 Å². The maximum absolute atomic E-state index is 12.4. The van der Waals surface area contributed by atoms with Crippen LogP contribution in [0.3, 0.4) is 0 Å². The summed E-state index contributed by atoms with van der Waals surface area (Å²) in [6.45, 7) is 9.37. The highest BCUT2D eigenvalue weighted by molar-refractivity contribution is 7.09. The van der Waals surface area contributed by atoms with E-state index in [2.05, 4.69) is 35.5 Å². The molecule has 1 saturated heterocycles. The molecule has 0 aliphatic carbocycles. The summed E-state index contributed by atoms with van der Waals surface area (Å²) in [6.07, 6.45) is 0. The summed E-state index contributed by atoms with van der Waals surface area (Å²) in [7, 11) is 0. The van der Waals surface area contributed by atoms with E-state index in [1.807, 2.05) is 11.0 Å². The molecule has 0 atom stereocenters. The van der Waals surface area contributed by atoms with Crippen LogP contribution in [0.25, 0.3) is 0 Å². The lowest BCUT2D eigenvalue weighted by molar-refractivity contribution is -0.134. The standard InChI is InChI=1S/C14H23N3OS/c1-12(2)17(10-13-4-3-9-19-13)14(18)11-16-7-5-15-6-8-16/h3-4,9,12,15H,5-8,10-11H2,1-2H3. The largest absolute Gasteiger partial charge is 0.334 e. The van der Waals surface area contributed by atoms with Crippen LogP contribution in [0.2, 0.25) is 0 Å². The molecular weight excluding hydrogens is 258 g/mol. The highest BCUT2D eigenvalue weighted by Crippen LogP contribution is 2.14. The van der Waals surface area contributed by atoms with Gasteiger partial charge in [-0.05, 0) is 25.3 Å². The monoisotopic (exact) mass is 281 g/mol. The molecule has 0 saturated carbocycles. The SMILES string of the molecule is CC(C)N(Cc1cccs1)C(=O)CN1CCNCC1. The molecule has 2 heterocycles. The van der Waals surface area contributed by atoms with Gasteiger partial charge in [-0.25, -0.2) is 0 Å². The predicted octanol–water partition coefficient (Wildman–Crippen LogP) is 1.39. The minimum absolute atomic E-state index is 0.241. The molecule has 19 heavy (non-hydrogen) atoms. The highest BCUT2D eigenvalue weighted by atomic mass is 32.1. The highest BCUT2D eigenvalue weighted by Gasteiger charge is 2.21. The van der Waals surface area contributed by atoms with Crippen molar-refractivity contribution in [1.29, 1.82) is 0 Å². The first-order valence-electron chi connectivity index (χ1n) is 6.91. The molecule has 0 unspecified atom stereocenters. The van der Waals surface area contributed by atoms with E-state index in [0.29, 0.717) is 6.54 Å². The quantitative estimate of drug-likeness (QED) is 0.886. The van der Waals surface area contributed by atoms with Crippen LogP contribution in [0.15, 0.2) is 17.5 Å². The zero-order chi connectivity index (χ0) is 13.7. The van der Waals surface area contributed by atoms with Crippen molar-refractivity contribution in [2.24, 2.45) is 0 Å². The number of hydrogen-bond donors (Lipinski definition) is 1. The van der Waals surface area contributed by atoms with Gasteiger partial charge in [0.2, 0.25) is 5.91 Å². The van der Waals surface area contributed by atoms with Crippen molar-refractivity contribution in [2.45, 2.75) is 26.4 Å². The summed E-state index contributed by atoms with van der Waals surface area (Å²) < 4.78 is 0. The van der Waals surface area contributed by atoms with Crippen LogP contribution in [-0.4, -0.2) is 54.5 Å². The topological polar surface area (TPSA) is 35.6 Å². The van der Waals surface area contributed by atoms with Gasteiger partial charge in [-0.1, -0.05) is 6.07 Å². The van der Waals surface area contributed by atoms with Crippen LogP contribution < -0.4 is 5.32 Å². The van der Waals surface area contributed by atoms with Crippen molar-refractivity contribution < 1.29 is 4.79 Å². The molecule has 1 aliphatic heterocycles. The first-order valence-corrected chi connectivity index (χ1v) is 7.79. The number of rotatable bonds is 5. The Morgan fingerprint density at radius 2 is 2.21 bits per heavy atom. The smallest absolute Gasteiger partial charge is 0.237 e. The summed E-state index contributed by atoms with van der Waals surface area (Å²) in [5.74, 6) is 0.241. The van der Waals surface area contributed by atoms with Crippen molar-refractivity contribution in [3.05, 3.63) is 22.4 Å². The summed E-state index contributed by atoms with van der Waals surface area (Å²) in [6, 6.07) is 4.38. The second-order valence-electron chi connectivity index (χ2n) is 5.22. The van der Waals surface area contributed by atoms with Crippen LogP contribution in [0.5, 0.6) is 0 Å². The minimum Gasteiger partial charge on any atom is -0.334 e. The Balaban J connectivity index is 1.92. The number of amides is 1. The molecule has 1 aromatic rings. The van der Waals surface area contributed by atoms with Gasteiger partial charge in [-0.2, -0.15) is 0 Å². The normalized spacial score (nSPS) is 16.8. The van der Waals surface area contributed by atoms with Gasteiger partial charge in [0.25, 0.3) is 0 Å². The van der Waals surface area contributed by atoms with Crippen molar-refractivity contribution in [1.82, 2.24) is 15.1 Å². The molecule has 0 aromatic carbocycles. The van der Waals surface area contributed by atoms with Gasteiger partial charge in [0.05, 0.1) is 13.1 Å². The van der Waals surface area contributed by atoms with E-state index in [1.54, 1.807) is 11.3 Å². The maximum Gasteiger partial charge on any atom is 0.237 e. The molecule has 106 valence electrons. The Bertz CT molecular complexity index is 385. The number of carbonyl (C=O) groups excluding carboxylic acids is 1. The van der Waals surface area contributed by atoms with Crippen LogP contribution in [0, 0.1) is 0 Å². The molecule has 4 nitrogen and oxygen atoms in total. The number of nitrogens with zero attached hydrogens (tertiary/aromatic N) is 2. The Labute approximate surface area is 119 Å². The van der Waals surface area contributed by atoms with E-state index in [0.717, 1.165) is 32.7 Å². The first-order chi connectivity index (χ1) is 9.16. The zero-order valence-corrected chi connectivity index (χ0v) is 12.6. The number of hydrogen-bond acceptors (Lipinski definition) is 4. The van der Waals surface area contributed by atoms with Gasteiger partial charge in [-0.3, -0.25) is 9.69 Å². The van der Waals surface area contributed by atoms with Gasteiger partial charge in [0.1, 0.15) is 0 Å². The fourth-order valence-corrected chi connectivity index (χ4v) is 2.98. The van der Waals surface area contributed by atoms with Crippen molar-refractivity contribution in [3.8, 4) is 0 Å². The lowest BCUT2D eigenvalue weighted by Gasteiger charge is -2.31. The molecule has 1 aliphatic rings. The van der Waals surface area contributed by atoms with Gasteiger partial charge in [-0.15, -0.1) is 11.3 Å². The number of piperazine rings is 1. The summed E-state index contributed by atoms with van der Waals surface area (Å²) in [4.78, 5) is 17.9. The number of carbonyl (C=O) groups is 1. The summed E-state index contributed by atoms with van der Waals surface area (Å²) in [5.41, 5.74) is 0. The summed E-state index contributed by atoms with van der Waals surface area (Å²) in [5, 5.41) is 5.38. The molecule has 5 heteroatoms. The van der Waals surface area contributed by atoms with Crippen LogP contribution in [-0.2, 0) is 11.3 Å². The molecule has 0 bridgehead atoms. The minimum atomic E-state index is 0.241. The molecule has 1 amide bonds. The Morgan fingerprint density at radius 3 is 2.79 bits per heavy atom. The van der Waals surface area contributed by atoms with Crippen molar-refractivity contribution in [3.63, 3.8) is 0 Å². The third-order valence-corrected chi connectivity index (χ3v) is 4.28. The third-order valence-electron chi connectivity index (χ3n) is 3.42. The molecule has 0 spiro atoms. The molecule has 2 rings (SSSR count). The Hall–Kier alpha value is -0.910. The molecule has 0 radical (unpaired) electrons. The number of thiophene rings is 1. The fourth-order valence-electron chi connectivity index (χ4n) is 2.28. The van der Waals surface area contributed by atoms with E-state index in [-0.39, 0.29) is 11.9 Å². The van der Waals surface area contributed by atoms with Crippen LogP contribution in [0.1, 0.15) is 18.7 Å². The van der Waals surface area contributed by atoms with Crippen LogP contribution in [0.4, 0.5) is 0 Å². The van der Waals surface area contributed by atoms with E-state index in [9.17, 15) is 4.79 Å². The first kappa shape index (κ1) is 14.5. The maximum atomic E-state index is 12.4.